The smallest absolute Gasteiger partial charge is 0.372 e. The molecule has 1 aliphatic heterocycles. The number of anilines is 1. The van der Waals surface area contributed by atoms with Crippen molar-refractivity contribution in [3.63, 3.8) is 0 Å². The molecule has 0 saturated heterocycles. The van der Waals surface area contributed by atoms with Crippen molar-refractivity contribution in [1.82, 2.24) is 9.88 Å². The number of pyridine rings is 1. The number of hydrogen-bond acceptors (Lipinski definition) is 5. The van der Waals surface area contributed by atoms with E-state index < -0.39 is 11.7 Å². The Bertz CT molecular complexity index is 834. The maximum absolute atomic E-state index is 13.3. The molecule has 0 fully saturated rings. The maximum atomic E-state index is 13.3. The number of aromatic nitrogens is 1. The van der Waals surface area contributed by atoms with Gasteiger partial charge in [0.15, 0.2) is 0 Å². The molecule has 1 radical (unpaired) electrons. The van der Waals surface area contributed by atoms with Crippen molar-refractivity contribution in [2.24, 2.45) is 4.99 Å². The van der Waals surface area contributed by atoms with Gasteiger partial charge in [0.2, 0.25) is 0 Å². The number of nitrogens with zero attached hydrogens (tertiary/aromatic N) is 3. The first-order valence-electron chi connectivity index (χ1n) is 8.40. The monoisotopic (exact) mass is 377 g/mol. The van der Waals surface area contributed by atoms with E-state index in [1.54, 1.807) is 24.7 Å². The number of alkyl halides is 3. The van der Waals surface area contributed by atoms with E-state index >= 15 is 0 Å². The molecule has 27 heavy (non-hydrogen) atoms. The molecule has 143 valence electrons. The highest BCUT2D eigenvalue weighted by molar-refractivity contribution is 6.00. The third-order valence-electron chi connectivity index (χ3n) is 4.00. The molecule has 1 N–H and O–H groups in total. The zero-order chi connectivity index (χ0) is 19.4. The van der Waals surface area contributed by atoms with Gasteiger partial charge < -0.3 is 15.0 Å². The number of nitrogens with one attached hydrogen (secondary N) is 1. The molecule has 5 nitrogen and oxygen atoms in total. The standard InChI is InChI=1S/C19H20F3N4O/c1-26(2)8-9-27-12-17-24-11-14-6-5-13(10-16(14)25-17)18-15(19(20,21)22)4-3-7-23-18/h3-7,10-11H,8-9,12H2,1-2H3,(H,24,25). The van der Waals surface area contributed by atoms with E-state index in [0.717, 1.165) is 18.2 Å². The molecule has 0 bridgehead atoms. The normalized spacial score (nSPS) is 13.9. The molecule has 0 aliphatic carbocycles. The van der Waals surface area contributed by atoms with Crippen molar-refractivity contribution in [1.29, 1.82) is 0 Å². The first kappa shape index (κ1) is 19.3. The highest BCUT2D eigenvalue weighted by Gasteiger charge is 2.34. The Hall–Kier alpha value is -2.45. The Morgan fingerprint density at radius 2 is 2.00 bits per heavy atom. The Morgan fingerprint density at radius 1 is 1.19 bits per heavy atom. The number of ether oxygens (including phenoxy) is 1. The van der Waals surface area contributed by atoms with Crippen LogP contribution >= 0.6 is 0 Å². The Balaban J connectivity index is 1.77. The predicted molar refractivity (Wildman–Crippen MR) is 98.5 cm³/mol. The van der Waals surface area contributed by atoms with Crippen LogP contribution in [0.3, 0.4) is 0 Å². The topological polar surface area (TPSA) is 49.8 Å². The molecule has 8 heteroatoms. The first-order valence-corrected chi connectivity index (χ1v) is 8.40. The van der Waals surface area contributed by atoms with Gasteiger partial charge in [0.05, 0.1) is 17.9 Å². The SMILES string of the molecule is CN(C)CCOCC1=N[CH]c2ccc(-c3ncccc3C(F)(F)F)cc2N1. The summed E-state index contributed by atoms with van der Waals surface area (Å²) in [4.78, 5) is 10.2. The van der Waals surface area contributed by atoms with E-state index in [1.807, 2.05) is 19.0 Å². The molecule has 0 spiro atoms. The van der Waals surface area contributed by atoms with Crippen molar-refractivity contribution in [2.75, 3.05) is 39.2 Å². The van der Waals surface area contributed by atoms with E-state index in [4.69, 9.17) is 4.74 Å². The van der Waals surface area contributed by atoms with Gasteiger partial charge in [-0.2, -0.15) is 13.2 Å². The fourth-order valence-corrected chi connectivity index (χ4v) is 2.61. The van der Waals surface area contributed by atoms with Crippen LogP contribution < -0.4 is 5.32 Å². The van der Waals surface area contributed by atoms with Crippen LogP contribution in [0.25, 0.3) is 11.3 Å². The number of benzene rings is 1. The molecule has 1 aliphatic rings. The average Bonchev–Trinajstić information content (AvgIpc) is 2.64. The number of fused-ring (bicyclic) bond motifs is 1. The fraction of sp³-hybridized carbons (Fsp3) is 0.316. The molecule has 0 amide bonds. The lowest BCUT2D eigenvalue weighted by Gasteiger charge is -2.20. The van der Waals surface area contributed by atoms with Crippen LogP contribution in [0.4, 0.5) is 18.9 Å². The van der Waals surface area contributed by atoms with Gasteiger partial charge >= 0.3 is 6.18 Å². The number of aliphatic imine (C=N–C) groups is 1. The second-order valence-corrected chi connectivity index (χ2v) is 6.39. The molecule has 1 aromatic carbocycles. The number of rotatable bonds is 6. The molecule has 2 heterocycles. The average molecular weight is 377 g/mol. The minimum atomic E-state index is -4.47. The lowest BCUT2D eigenvalue weighted by Crippen LogP contribution is -2.25. The summed E-state index contributed by atoms with van der Waals surface area (Å²) in [5.74, 6) is 0.607. The largest absolute Gasteiger partial charge is 0.418 e. The van der Waals surface area contributed by atoms with Crippen LogP contribution in [0.5, 0.6) is 0 Å². The van der Waals surface area contributed by atoms with Crippen LogP contribution in [0.2, 0.25) is 0 Å². The van der Waals surface area contributed by atoms with Gasteiger partial charge in [0, 0.05) is 29.6 Å². The third-order valence-corrected chi connectivity index (χ3v) is 4.00. The second kappa shape index (κ2) is 8.06. The number of likely N-dealkylation sites (N-methyl/N-ethyl adjacent to an activating group) is 1. The molecule has 1 aromatic heterocycles. The molecule has 0 unspecified atom stereocenters. The molecular formula is C19H20F3N4O. The third kappa shape index (κ3) is 4.84. The lowest BCUT2D eigenvalue weighted by molar-refractivity contribution is -0.137. The van der Waals surface area contributed by atoms with Crippen LogP contribution in [0, 0.1) is 6.54 Å². The van der Waals surface area contributed by atoms with Crippen molar-refractivity contribution >= 4 is 11.5 Å². The van der Waals surface area contributed by atoms with Crippen LogP contribution in [0.15, 0.2) is 41.5 Å². The summed E-state index contributed by atoms with van der Waals surface area (Å²) in [6.07, 6.45) is -3.11. The summed E-state index contributed by atoms with van der Waals surface area (Å²) >= 11 is 0. The molecule has 0 saturated carbocycles. The first-order chi connectivity index (χ1) is 12.8. The van der Waals surface area contributed by atoms with E-state index in [2.05, 4.69) is 15.3 Å². The fourth-order valence-electron chi connectivity index (χ4n) is 2.61. The number of amidine groups is 1. The van der Waals surface area contributed by atoms with Gasteiger partial charge in [-0.05, 0) is 32.3 Å². The quantitative estimate of drug-likeness (QED) is 0.781. The Labute approximate surface area is 155 Å². The summed E-state index contributed by atoms with van der Waals surface area (Å²) in [5.41, 5.74) is 0.997. The summed E-state index contributed by atoms with van der Waals surface area (Å²) in [6.45, 7) is 3.32. The Morgan fingerprint density at radius 3 is 2.74 bits per heavy atom. The van der Waals surface area contributed by atoms with E-state index in [1.165, 1.54) is 12.3 Å². The van der Waals surface area contributed by atoms with Crippen molar-refractivity contribution < 1.29 is 17.9 Å². The van der Waals surface area contributed by atoms with Crippen molar-refractivity contribution in [2.45, 2.75) is 6.18 Å². The van der Waals surface area contributed by atoms with Crippen LogP contribution in [-0.2, 0) is 10.9 Å². The van der Waals surface area contributed by atoms with Gasteiger partial charge in [-0.3, -0.25) is 9.98 Å². The van der Waals surface area contributed by atoms with Crippen molar-refractivity contribution in [3.8, 4) is 11.3 Å². The lowest BCUT2D eigenvalue weighted by atomic mass is 10.0. The van der Waals surface area contributed by atoms with E-state index in [9.17, 15) is 13.2 Å². The van der Waals surface area contributed by atoms with E-state index in [0.29, 0.717) is 30.3 Å². The van der Waals surface area contributed by atoms with E-state index in [-0.39, 0.29) is 5.69 Å². The van der Waals surface area contributed by atoms with Crippen LogP contribution in [-0.4, -0.2) is 49.6 Å². The molecule has 3 rings (SSSR count). The molecule has 0 atom stereocenters. The zero-order valence-electron chi connectivity index (χ0n) is 15.0. The highest BCUT2D eigenvalue weighted by Crippen LogP contribution is 2.37. The Kier molecular flexibility index (Phi) is 5.76. The number of halogens is 3. The minimum Gasteiger partial charge on any atom is -0.372 e. The predicted octanol–water partition coefficient (Wildman–Crippen LogP) is 3.68. The van der Waals surface area contributed by atoms with Gasteiger partial charge in [0.1, 0.15) is 19.0 Å². The minimum absolute atomic E-state index is 0.0964. The summed E-state index contributed by atoms with van der Waals surface area (Å²) in [5, 5.41) is 3.12. The van der Waals surface area contributed by atoms with Gasteiger partial charge in [-0.1, -0.05) is 12.1 Å². The molecular weight excluding hydrogens is 357 g/mol. The number of hydrogen-bond donors (Lipinski definition) is 1. The van der Waals surface area contributed by atoms with Crippen molar-refractivity contribution in [3.05, 3.63) is 54.2 Å². The van der Waals surface area contributed by atoms with Crippen LogP contribution in [0.1, 0.15) is 11.1 Å². The highest BCUT2D eigenvalue weighted by atomic mass is 19.4. The zero-order valence-corrected chi connectivity index (χ0v) is 15.0. The summed E-state index contributed by atoms with van der Waals surface area (Å²) < 4.78 is 45.4. The van der Waals surface area contributed by atoms with Gasteiger partial charge in [0.25, 0.3) is 0 Å². The summed E-state index contributed by atoms with van der Waals surface area (Å²) in [7, 11) is 3.91. The second-order valence-electron chi connectivity index (χ2n) is 6.39. The van der Waals surface area contributed by atoms with Gasteiger partial charge in [-0.25, -0.2) is 0 Å². The summed E-state index contributed by atoms with van der Waals surface area (Å²) in [6, 6.07) is 7.31. The van der Waals surface area contributed by atoms with Gasteiger partial charge in [-0.15, -0.1) is 0 Å². The molecule has 2 aromatic rings. The maximum Gasteiger partial charge on any atom is 0.418 e.